The van der Waals surface area contributed by atoms with E-state index >= 15 is 0 Å². The van der Waals surface area contributed by atoms with E-state index in [1.807, 2.05) is 11.8 Å². The second-order valence-corrected chi connectivity index (χ2v) is 8.76. The van der Waals surface area contributed by atoms with Crippen LogP contribution in [-0.2, 0) is 10.0 Å². The standard InChI is InChI=1S/C13H27N3O2S2/c1-19-13-4-2-3-12(11-13)15-20(17,18)10-9-16-7-5-14-6-8-16/h12-15H,2-11H2,1H3. The quantitative estimate of drug-likeness (QED) is 0.745. The molecule has 1 saturated heterocycles. The third-order valence-electron chi connectivity index (χ3n) is 4.19. The molecule has 20 heavy (non-hydrogen) atoms. The molecule has 2 fully saturated rings. The van der Waals surface area contributed by atoms with Gasteiger partial charge in [-0.1, -0.05) is 6.42 Å². The summed E-state index contributed by atoms with van der Waals surface area (Å²) in [7, 11) is -3.13. The molecule has 1 aliphatic carbocycles. The van der Waals surface area contributed by atoms with E-state index in [9.17, 15) is 8.42 Å². The molecule has 0 amide bonds. The van der Waals surface area contributed by atoms with Gasteiger partial charge in [0.15, 0.2) is 0 Å². The van der Waals surface area contributed by atoms with Gasteiger partial charge < -0.3 is 5.32 Å². The van der Waals surface area contributed by atoms with Crippen LogP contribution in [0.3, 0.4) is 0 Å². The number of hydrogen-bond donors (Lipinski definition) is 2. The Hall–Kier alpha value is 0.180. The molecular formula is C13H27N3O2S2. The van der Waals surface area contributed by atoms with Crippen LogP contribution in [0.4, 0.5) is 0 Å². The highest BCUT2D eigenvalue weighted by Crippen LogP contribution is 2.27. The molecule has 1 heterocycles. The summed E-state index contributed by atoms with van der Waals surface area (Å²) in [5, 5.41) is 3.90. The summed E-state index contributed by atoms with van der Waals surface area (Å²) in [6.45, 7) is 4.48. The third kappa shape index (κ3) is 5.52. The summed E-state index contributed by atoms with van der Waals surface area (Å²) in [5.74, 6) is 0.230. The Kier molecular flexibility index (Phi) is 6.61. The summed E-state index contributed by atoms with van der Waals surface area (Å²) in [4.78, 5) is 2.22. The molecular weight excluding hydrogens is 294 g/mol. The minimum Gasteiger partial charge on any atom is -0.314 e. The van der Waals surface area contributed by atoms with Gasteiger partial charge in [0.25, 0.3) is 0 Å². The summed E-state index contributed by atoms with van der Waals surface area (Å²) in [5.41, 5.74) is 0. The maximum absolute atomic E-state index is 12.2. The average Bonchev–Trinajstić information content (AvgIpc) is 2.46. The van der Waals surface area contributed by atoms with Crippen LogP contribution < -0.4 is 10.0 Å². The first-order valence-electron chi connectivity index (χ1n) is 7.55. The summed E-state index contributed by atoms with van der Waals surface area (Å²) in [6.07, 6.45) is 6.44. The Morgan fingerprint density at radius 1 is 1.30 bits per heavy atom. The minimum absolute atomic E-state index is 0.147. The lowest BCUT2D eigenvalue weighted by Gasteiger charge is -2.30. The van der Waals surface area contributed by atoms with Gasteiger partial charge in [-0.15, -0.1) is 0 Å². The van der Waals surface area contributed by atoms with Crippen LogP contribution in [0.15, 0.2) is 0 Å². The zero-order valence-corrected chi connectivity index (χ0v) is 13.9. The van der Waals surface area contributed by atoms with Gasteiger partial charge in [-0.3, -0.25) is 4.90 Å². The van der Waals surface area contributed by atoms with Crippen molar-refractivity contribution in [3.05, 3.63) is 0 Å². The molecule has 2 N–H and O–H groups in total. The normalized spacial score (nSPS) is 29.4. The molecule has 118 valence electrons. The lowest BCUT2D eigenvalue weighted by Crippen LogP contribution is -2.47. The molecule has 1 aliphatic heterocycles. The Morgan fingerprint density at radius 2 is 2.05 bits per heavy atom. The fourth-order valence-electron chi connectivity index (χ4n) is 2.96. The molecule has 0 bridgehead atoms. The van der Waals surface area contributed by atoms with E-state index in [-0.39, 0.29) is 11.8 Å². The predicted octanol–water partition coefficient (Wildman–Crippen LogP) is 0.485. The number of nitrogens with one attached hydrogen (secondary N) is 2. The minimum atomic E-state index is -3.13. The smallest absolute Gasteiger partial charge is 0.213 e. The highest BCUT2D eigenvalue weighted by Gasteiger charge is 2.25. The number of piperazine rings is 1. The molecule has 2 atom stereocenters. The molecule has 0 radical (unpaired) electrons. The van der Waals surface area contributed by atoms with Crippen LogP contribution in [0, 0.1) is 0 Å². The summed E-state index contributed by atoms with van der Waals surface area (Å²) in [6, 6.07) is 0.147. The van der Waals surface area contributed by atoms with Gasteiger partial charge >= 0.3 is 0 Å². The van der Waals surface area contributed by atoms with Crippen molar-refractivity contribution < 1.29 is 8.42 Å². The van der Waals surface area contributed by atoms with Crippen molar-refractivity contribution in [2.75, 3.05) is 44.7 Å². The van der Waals surface area contributed by atoms with Crippen molar-refractivity contribution in [3.8, 4) is 0 Å². The number of hydrogen-bond acceptors (Lipinski definition) is 5. The fourth-order valence-corrected chi connectivity index (χ4v) is 5.13. The fraction of sp³-hybridized carbons (Fsp3) is 1.00. The number of sulfonamides is 1. The van der Waals surface area contributed by atoms with Crippen LogP contribution >= 0.6 is 11.8 Å². The Morgan fingerprint density at radius 3 is 2.75 bits per heavy atom. The zero-order valence-electron chi connectivity index (χ0n) is 12.3. The second-order valence-electron chi connectivity index (χ2n) is 5.75. The van der Waals surface area contributed by atoms with Gasteiger partial charge in [0.05, 0.1) is 5.75 Å². The highest BCUT2D eigenvalue weighted by molar-refractivity contribution is 7.99. The van der Waals surface area contributed by atoms with Crippen molar-refractivity contribution >= 4 is 21.8 Å². The van der Waals surface area contributed by atoms with E-state index in [2.05, 4.69) is 21.2 Å². The van der Waals surface area contributed by atoms with E-state index in [1.165, 1.54) is 6.42 Å². The topological polar surface area (TPSA) is 61.4 Å². The first-order chi connectivity index (χ1) is 9.59. The van der Waals surface area contributed by atoms with E-state index in [4.69, 9.17) is 0 Å². The summed E-state index contributed by atoms with van der Waals surface area (Å²) < 4.78 is 27.3. The molecule has 0 aromatic heterocycles. The van der Waals surface area contributed by atoms with E-state index < -0.39 is 10.0 Å². The molecule has 0 aromatic rings. The average molecular weight is 322 g/mol. The molecule has 2 unspecified atom stereocenters. The van der Waals surface area contributed by atoms with Crippen molar-refractivity contribution in [1.82, 2.24) is 14.9 Å². The highest BCUT2D eigenvalue weighted by atomic mass is 32.2. The summed E-state index contributed by atoms with van der Waals surface area (Å²) >= 11 is 1.86. The van der Waals surface area contributed by atoms with Crippen molar-refractivity contribution in [1.29, 1.82) is 0 Å². The molecule has 5 nitrogen and oxygen atoms in total. The van der Waals surface area contributed by atoms with Crippen molar-refractivity contribution in [3.63, 3.8) is 0 Å². The van der Waals surface area contributed by atoms with Crippen LogP contribution in [-0.4, -0.2) is 69.3 Å². The number of nitrogens with zero attached hydrogens (tertiary/aromatic N) is 1. The first kappa shape index (κ1) is 16.5. The van der Waals surface area contributed by atoms with Gasteiger partial charge in [0, 0.05) is 44.0 Å². The van der Waals surface area contributed by atoms with Crippen LogP contribution in [0.1, 0.15) is 25.7 Å². The maximum Gasteiger partial charge on any atom is 0.213 e. The van der Waals surface area contributed by atoms with Gasteiger partial charge in [-0.25, -0.2) is 13.1 Å². The van der Waals surface area contributed by atoms with Crippen molar-refractivity contribution in [2.24, 2.45) is 0 Å². The van der Waals surface area contributed by atoms with E-state index in [0.29, 0.717) is 11.8 Å². The molecule has 0 aromatic carbocycles. The first-order valence-corrected chi connectivity index (χ1v) is 10.5. The lowest BCUT2D eigenvalue weighted by molar-refractivity contribution is 0.253. The molecule has 2 aliphatic rings. The third-order valence-corrected chi connectivity index (χ3v) is 6.70. The Balaban J connectivity index is 1.75. The zero-order chi connectivity index (χ0) is 14.4. The number of thioether (sulfide) groups is 1. The van der Waals surface area contributed by atoms with Crippen LogP contribution in [0.5, 0.6) is 0 Å². The van der Waals surface area contributed by atoms with Crippen molar-refractivity contribution in [2.45, 2.75) is 37.0 Å². The van der Waals surface area contributed by atoms with E-state index in [1.54, 1.807) is 0 Å². The SMILES string of the molecule is CSC1CCCC(NS(=O)(=O)CCN2CCNCC2)C1. The maximum atomic E-state index is 12.2. The Labute approximate surface area is 127 Å². The monoisotopic (exact) mass is 321 g/mol. The predicted molar refractivity (Wildman–Crippen MR) is 85.8 cm³/mol. The lowest BCUT2D eigenvalue weighted by atomic mass is 9.96. The van der Waals surface area contributed by atoms with Gasteiger partial charge in [0.2, 0.25) is 10.0 Å². The largest absolute Gasteiger partial charge is 0.314 e. The molecule has 0 spiro atoms. The van der Waals surface area contributed by atoms with Crippen LogP contribution in [0.25, 0.3) is 0 Å². The number of rotatable bonds is 6. The molecule has 1 saturated carbocycles. The van der Waals surface area contributed by atoms with Gasteiger partial charge in [-0.05, 0) is 25.5 Å². The van der Waals surface area contributed by atoms with Gasteiger partial charge in [-0.2, -0.15) is 11.8 Å². The second kappa shape index (κ2) is 7.98. The van der Waals surface area contributed by atoms with Gasteiger partial charge in [0.1, 0.15) is 0 Å². The molecule has 7 heteroatoms. The Bertz CT molecular complexity index is 383. The van der Waals surface area contributed by atoms with E-state index in [0.717, 1.165) is 45.4 Å². The molecule has 2 rings (SSSR count). The van der Waals surface area contributed by atoms with Crippen LogP contribution in [0.2, 0.25) is 0 Å².